The summed E-state index contributed by atoms with van der Waals surface area (Å²) in [5.41, 5.74) is 0.182. The van der Waals surface area contributed by atoms with Crippen molar-refractivity contribution in [1.82, 2.24) is 4.57 Å². The molecule has 3 nitrogen and oxygen atoms in total. The van der Waals surface area contributed by atoms with E-state index in [1.54, 1.807) is 35.0 Å². The standard InChI is InChI=1S/C25H22FNO2/c1-19(28)25(26,21-11-6-3-7-12-21)18-27-16-15-22-23(27)13-8-14-24(22)29-17-20-9-4-2-5-10-20/h2-16H,17-18H2,1H3. The van der Waals surface area contributed by atoms with Crippen molar-refractivity contribution in [1.29, 1.82) is 0 Å². The predicted octanol–water partition coefficient (Wildman–Crippen LogP) is 5.67. The zero-order chi connectivity index (χ0) is 20.3. The van der Waals surface area contributed by atoms with Gasteiger partial charge in [-0.1, -0.05) is 66.7 Å². The Morgan fingerprint density at radius 1 is 0.931 bits per heavy atom. The molecule has 0 radical (unpaired) electrons. The van der Waals surface area contributed by atoms with Crippen LogP contribution < -0.4 is 4.74 Å². The predicted molar refractivity (Wildman–Crippen MR) is 113 cm³/mol. The van der Waals surface area contributed by atoms with Crippen molar-refractivity contribution in [3.05, 3.63) is 102 Å². The van der Waals surface area contributed by atoms with E-state index in [0.29, 0.717) is 12.2 Å². The van der Waals surface area contributed by atoms with Gasteiger partial charge < -0.3 is 9.30 Å². The zero-order valence-corrected chi connectivity index (χ0v) is 16.2. The minimum atomic E-state index is -2.09. The molecule has 0 spiro atoms. The fourth-order valence-electron chi connectivity index (χ4n) is 3.54. The van der Waals surface area contributed by atoms with Crippen molar-refractivity contribution in [2.45, 2.75) is 25.7 Å². The van der Waals surface area contributed by atoms with Crippen LogP contribution in [0.1, 0.15) is 18.1 Å². The average molecular weight is 387 g/mol. The maximum atomic E-state index is 15.8. The van der Waals surface area contributed by atoms with Gasteiger partial charge in [0.1, 0.15) is 12.4 Å². The molecule has 4 aromatic rings. The molecular formula is C25H22FNO2. The van der Waals surface area contributed by atoms with Crippen molar-refractivity contribution in [3.8, 4) is 5.75 Å². The number of alkyl halides is 1. The lowest BCUT2D eigenvalue weighted by atomic mass is 9.91. The summed E-state index contributed by atoms with van der Waals surface area (Å²) < 4.78 is 23.6. The van der Waals surface area contributed by atoms with Gasteiger partial charge in [0.25, 0.3) is 0 Å². The molecule has 0 N–H and O–H groups in total. The minimum absolute atomic E-state index is 0.0853. The minimum Gasteiger partial charge on any atom is -0.488 e. The molecule has 1 aromatic heterocycles. The normalized spacial score (nSPS) is 13.2. The first-order chi connectivity index (χ1) is 14.1. The van der Waals surface area contributed by atoms with E-state index in [4.69, 9.17) is 4.74 Å². The number of benzene rings is 3. The Hall–Kier alpha value is -3.40. The molecule has 1 unspecified atom stereocenters. The first-order valence-corrected chi connectivity index (χ1v) is 9.58. The van der Waals surface area contributed by atoms with Gasteiger partial charge in [-0.05, 0) is 36.2 Å². The Morgan fingerprint density at radius 2 is 1.62 bits per heavy atom. The number of Topliss-reactive ketones (excluding diaryl/α,β-unsaturated/α-hetero) is 1. The fraction of sp³-hybridized carbons (Fsp3) is 0.160. The van der Waals surface area contributed by atoms with Crippen LogP contribution in [0.3, 0.4) is 0 Å². The molecule has 0 aliphatic carbocycles. The third-order valence-corrected chi connectivity index (χ3v) is 5.19. The number of carbonyl (C=O) groups excluding carboxylic acids is 1. The summed E-state index contributed by atoms with van der Waals surface area (Å²) in [5.74, 6) is 0.221. The van der Waals surface area contributed by atoms with E-state index >= 15 is 4.39 Å². The lowest BCUT2D eigenvalue weighted by Crippen LogP contribution is -2.33. The maximum absolute atomic E-state index is 15.8. The average Bonchev–Trinajstić information content (AvgIpc) is 3.16. The molecule has 0 amide bonds. The van der Waals surface area contributed by atoms with Crippen molar-refractivity contribution in [2.24, 2.45) is 0 Å². The van der Waals surface area contributed by atoms with E-state index in [-0.39, 0.29) is 6.54 Å². The highest BCUT2D eigenvalue weighted by Crippen LogP contribution is 2.33. The third-order valence-electron chi connectivity index (χ3n) is 5.19. The quantitative estimate of drug-likeness (QED) is 0.409. The van der Waals surface area contributed by atoms with E-state index in [1.165, 1.54) is 6.92 Å². The molecule has 4 heteroatoms. The van der Waals surface area contributed by atoms with Crippen LogP contribution >= 0.6 is 0 Å². The van der Waals surface area contributed by atoms with Gasteiger partial charge in [0, 0.05) is 11.6 Å². The first kappa shape index (κ1) is 18.9. The molecule has 29 heavy (non-hydrogen) atoms. The van der Waals surface area contributed by atoms with E-state index in [9.17, 15) is 4.79 Å². The number of ether oxygens (including phenoxy) is 1. The molecule has 4 rings (SSSR count). The highest BCUT2D eigenvalue weighted by atomic mass is 19.1. The fourth-order valence-corrected chi connectivity index (χ4v) is 3.54. The number of aromatic nitrogens is 1. The number of halogens is 1. The monoisotopic (exact) mass is 387 g/mol. The number of nitrogens with zero attached hydrogens (tertiary/aromatic N) is 1. The SMILES string of the molecule is CC(=O)C(F)(Cn1ccc2c(OCc3ccccc3)cccc21)c1ccccc1. The van der Waals surface area contributed by atoms with Crippen LogP contribution in [0.2, 0.25) is 0 Å². The summed E-state index contributed by atoms with van der Waals surface area (Å²) in [5, 5.41) is 0.891. The number of hydrogen-bond acceptors (Lipinski definition) is 2. The van der Waals surface area contributed by atoms with E-state index in [1.807, 2.05) is 60.7 Å². The Balaban J connectivity index is 1.64. The summed E-state index contributed by atoms with van der Waals surface area (Å²) in [6.45, 7) is 1.67. The van der Waals surface area contributed by atoms with Crippen molar-refractivity contribution in [3.63, 3.8) is 0 Å². The van der Waals surface area contributed by atoms with Crippen molar-refractivity contribution < 1.29 is 13.9 Å². The summed E-state index contributed by atoms with van der Waals surface area (Å²) in [6.07, 6.45) is 1.81. The summed E-state index contributed by atoms with van der Waals surface area (Å²) >= 11 is 0. The Labute approximate surface area is 169 Å². The van der Waals surface area contributed by atoms with Gasteiger partial charge in [-0.3, -0.25) is 4.79 Å². The molecule has 0 aliphatic heterocycles. The Morgan fingerprint density at radius 3 is 2.31 bits per heavy atom. The van der Waals surface area contributed by atoms with Crippen molar-refractivity contribution >= 4 is 16.7 Å². The van der Waals surface area contributed by atoms with Crippen molar-refractivity contribution in [2.75, 3.05) is 0 Å². The highest BCUT2D eigenvalue weighted by molar-refractivity contribution is 5.88. The number of rotatable bonds is 7. The summed E-state index contributed by atoms with van der Waals surface area (Å²) in [6, 6.07) is 26.2. The third kappa shape index (κ3) is 3.79. The molecule has 146 valence electrons. The van der Waals surface area contributed by atoms with Gasteiger partial charge in [0.05, 0.1) is 12.1 Å². The topological polar surface area (TPSA) is 31.2 Å². The number of carbonyl (C=O) groups is 1. The van der Waals surface area contributed by atoms with Gasteiger partial charge in [-0.2, -0.15) is 0 Å². The summed E-state index contributed by atoms with van der Waals surface area (Å²) in [7, 11) is 0. The number of hydrogen-bond donors (Lipinski definition) is 0. The van der Waals surface area contributed by atoms with Gasteiger partial charge in [-0.25, -0.2) is 4.39 Å². The molecule has 0 saturated heterocycles. The summed E-state index contributed by atoms with van der Waals surface area (Å²) in [4.78, 5) is 12.2. The molecular weight excluding hydrogens is 365 g/mol. The largest absolute Gasteiger partial charge is 0.488 e. The second kappa shape index (κ2) is 7.92. The smallest absolute Gasteiger partial charge is 0.211 e. The van der Waals surface area contributed by atoms with Crippen LogP contribution in [0.4, 0.5) is 4.39 Å². The highest BCUT2D eigenvalue weighted by Gasteiger charge is 2.38. The molecule has 0 saturated carbocycles. The lowest BCUT2D eigenvalue weighted by Gasteiger charge is -2.24. The van der Waals surface area contributed by atoms with Crippen LogP contribution in [-0.4, -0.2) is 10.4 Å². The van der Waals surface area contributed by atoms with Gasteiger partial charge in [-0.15, -0.1) is 0 Å². The molecule has 1 heterocycles. The molecule has 1 atom stereocenters. The van der Waals surface area contributed by atoms with Crippen LogP contribution in [0.5, 0.6) is 5.75 Å². The van der Waals surface area contributed by atoms with Crippen LogP contribution in [0.15, 0.2) is 91.1 Å². The second-order valence-corrected chi connectivity index (χ2v) is 7.13. The van der Waals surface area contributed by atoms with E-state index in [0.717, 1.165) is 22.2 Å². The van der Waals surface area contributed by atoms with Crippen LogP contribution in [0.25, 0.3) is 10.9 Å². The lowest BCUT2D eigenvalue weighted by molar-refractivity contribution is -0.129. The molecule has 3 aromatic carbocycles. The van der Waals surface area contributed by atoms with Gasteiger partial charge in [0.2, 0.25) is 5.67 Å². The molecule has 0 bridgehead atoms. The Kier molecular flexibility index (Phi) is 5.17. The second-order valence-electron chi connectivity index (χ2n) is 7.13. The van der Waals surface area contributed by atoms with E-state index < -0.39 is 11.5 Å². The number of ketones is 1. The van der Waals surface area contributed by atoms with Gasteiger partial charge in [0.15, 0.2) is 5.78 Å². The number of fused-ring (bicyclic) bond motifs is 1. The molecule has 0 fully saturated rings. The molecule has 0 aliphatic rings. The Bertz CT molecular complexity index is 1120. The van der Waals surface area contributed by atoms with Gasteiger partial charge >= 0.3 is 0 Å². The van der Waals surface area contributed by atoms with Crippen LogP contribution in [0, 0.1) is 0 Å². The van der Waals surface area contributed by atoms with Crippen LogP contribution in [-0.2, 0) is 23.6 Å². The first-order valence-electron chi connectivity index (χ1n) is 9.58. The van der Waals surface area contributed by atoms with E-state index in [2.05, 4.69) is 0 Å². The zero-order valence-electron chi connectivity index (χ0n) is 16.2. The maximum Gasteiger partial charge on any atom is 0.211 e.